The summed E-state index contributed by atoms with van der Waals surface area (Å²) in [6, 6.07) is 0. The van der Waals surface area contributed by atoms with Crippen LogP contribution in [0.4, 0.5) is 5.82 Å². The van der Waals surface area contributed by atoms with E-state index in [1.807, 2.05) is 14.0 Å². The van der Waals surface area contributed by atoms with Gasteiger partial charge in [0.2, 0.25) is 0 Å². The number of nitrogens with two attached hydrogens (primary N) is 1. The molecule has 1 aromatic rings. The number of ether oxygens (including phenoxy) is 1. The molecule has 0 unspecified atom stereocenters. The van der Waals surface area contributed by atoms with Crippen molar-refractivity contribution in [2.45, 2.75) is 13.5 Å². The molecule has 0 spiro atoms. The van der Waals surface area contributed by atoms with Gasteiger partial charge < -0.3 is 10.5 Å². The van der Waals surface area contributed by atoms with E-state index in [9.17, 15) is 0 Å². The Balaban J connectivity index is 2.31. The van der Waals surface area contributed by atoms with Crippen molar-refractivity contribution in [2.24, 2.45) is 0 Å². The molecule has 0 amide bonds. The van der Waals surface area contributed by atoms with Crippen LogP contribution in [0.15, 0.2) is 12.4 Å². The Labute approximate surface area is 90.3 Å². The number of hydrogen-bond donors (Lipinski definition) is 1. The molecule has 1 aromatic heterocycles. The molecule has 15 heavy (non-hydrogen) atoms. The minimum absolute atomic E-state index is 0.454. The van der Waals surface area contributed by atoms with Crippen LogP contribution < -0.4 is 5.73 Å². The van der Waals surface area contributed by atoms with Gasteiger partial charge in [0.25, 0.3) is 0 Å². The van der Waals surface area contributed by atoms with Gasteiger partial charge in [-0.1, -0.05) is 0 Å². The summed E-state index contributed by atoms with van der Waals surface area (Å²) in [5, 5.41) is 0. The number of rotatable bonds is 6. The molecule has 0 aromatic carbocycles. The molecular weight excluding hydrogens is 192 g/mol. The second-order valence-corrected chi connectivity index (χ2v) is 3.37. The van der Waals surface area contributed by atoms with E-state index >= 15 is 0 Å². The molecule has 0 aliphatic rings. The van der Waals surface area contributed by atoms with Gasteiger partial charge >= 0.3 is 0 Å². The predicted octanol–water partition coefficient (Wildman–Crippen LogP) is 0.527. The van der Waals surface area contributed by atoms with Crippen LogP contribution in [0.2, 0.25) is 0 Å². The number of anilines is 1. The van der Waals surface area contributed by atoms with Gasteiger partial charge in [-0.05, 0) is 14.0 Å². The topological polar surface area (TPSA) is 64.3 Å². The smallest absolute Gasteiger partial charge is 0.141 e. The molecule has 0 radical (unpaired) electrons. The Morgan fingerprint density at radius 2 is 2.20 bits per heavy atom. The van der Waals surface area contributed by atoms with E-state index in [1.165, 1.54) is 0 Å². The third-order valence-corrected chi connectivity index (χ3v) is 1.98. The summed E-state index contributed by atoms with van der Waals surface area (Å²) in [7, 11) is 2.02. The van der Waals surface area contributed by atoms with Crippen LogP contribution >= 0.6 is 0 Å². The molecule has 0 fully saturated rings. The first-order chi connectivity index (χ1) is 7.22. The fraction of sp³-hybridized carbons (Fsp3) is 0.600. The minimum atomic E-state index is 0.454. The number of nitrogen functional groups attached to an aromatic ring is 1. The molecule has 0 saturated carbocycles. The third kappa shape index (κ3) is 4.71. The maximum absolute atomic E-state index is 5.45. The minimum Gasteiger partial charge on any atom is -0.382 e. The number of hydrogen-bond acceptors (Lipinski definition) is 5. The molecule has 1 rings (SSSR count). The Morgan fingerprint density at radius 3 is 2.80 bits per heavy atom. The normalized spacial score (nSPS) is 10.9. The zero-order valence-electron chi connectivity index (χ0n) is 9.31. The first kappa shape index (κ1) is 11.9. The van der Waals surface area contributed by atoms with Crippen molar-refractivity contribution in [1.29, 1.82) is 0 Å². The first-order valence-electron chi connectivity index (χ1n) is 5.05. The molecule has 5 heteroatoms. The lowest BCUT2D eigenvalue weighted by Crippen LogP contribution is -2.23. The molecule has 0 bridgehead atoms. The van der Waals surface area contributed by atoms with Crippen molar-refractivity contribution in [3.63, 3.8) is 0 Å². The monoisotopic (exact) mass is 210 g/mol. The van der Waals surface area contributed by atoms with Gasteiger partial charge in [0.05, 0.1) is 24.7 Å². The molecule has 1 heterocycles. The van der Waals surface area contributed by atoms with Crippen LogP contribution in [0.25, 0.3) is 0 Å². The number of likely N-dealkylation sites (N-methyl/N-ethyl adjacent to an activating group) is 1. The summed E-state index contributed by atoms with van der Waals surface area (Å²) < 4.78 is 5.26. The van der Waals surface area contributed by atoms with Crippen LogP contribution in [0.1, 0.15) is 12.6 Å². The maximum atomic E-state index is 5.45. The standard InChI is InChI=1S/C10H18N4O/c1-3-15-5-4-14(2)8-9-6-13-10(11)7-12-9/h6-7H,3-5,8H2,1-2H3,(H2,11,13). The van der Waals surface area contributed by atoms with Crippen LogP contribution in [0.3, 0.4) is 0 Å². The highest BCUT2D eigenvalue weighted by molar-refractivity contribution is 5.22. The van der Waals surface area contributed by atoms with Crippen molar-refractivity contribution in [3.8, 4) is 0 Å². The Hall–Kier alpha value is -1.20. The van der Waals surface area contributed by atoms with Crippen molar-refractivity contribution in [2.75, 3.05) is 32.5 Å². The second-order valence-electron chi connectivity index (χ2n) is 3.37. The van der Waals surface area contributed by atoms with Gasteiger partial charge in [-0.15, -0.1) is 0 Å². The van der Waals surface area contributed by atoms with Crippen molar-refractivity contribution >= 4 is 5.82 Å². The van der Waals surface area contributed by atoms with Gasteiger partial charge in [-0.3, -0.25) is 9.88 Å². The molecule has 0 aliphatic carbocycles. The van der Waals surface area contributed by atoms with Gasteiger partial charge in [0, 0.05) is 19.7 Å². The van der Waals surface area contributed by atoms with E-state index in [0.717, 1.165) is 32.0 Å². The third-order valence-electron chi connectivity index (χ3n) is 1.98. The van der Waals surface area contributed by atoms with Crippen molar-refractivity contribution in [1.82, 2.24) is 14.9 Å². The van der Waals surface area contributed by atoms with Crippen LogP contribution in [-0.2, 0) is 11.3 Å². The largest absolute Gasteiger partial charge is 0.382 e. The molecule has 0 aliphatic heterocycles. The van der Waals surface area contributed by atoms with Crippen molar-refractivity contribution < 1.29 is 4.74 Å². The van der Waals surface area contributed by atoms with E-state index in [1.54, 1.807) is 12.4 Å². The Kier molecular flexibility index (Phi) is 5.00. The fourth-order valence-electron chi connectivity index (χ4n) is 1.17. The van der Waals surface area contributed by atoms with E-state index in [0.29, 0.717) is 5.82 Å². The highest BCUT2D eigenvalue weighted by Gasteiger charge is 2.01. The summed E-state index contributed by atoms with van der Waals surface area (Å²) in [5.41, 5.74) is 6.37. The van der Waals surface area contributed by atoms with Gasteiger partial charge in [0.1, 0.15) is 5.82 Å². The summed E-state index contributed by atoms with van der Waals surface area (Å²) in [4.78, 5) is 10.3. The van der Waals surface area contributed by atoms with E-state index < -0.39 is 0 Å². The molecule has 2 N–H and O–H groups in total. The van der Waals surface area contributed by atoms with Crippen LogP contribution in [0.5, 0.6) is 0 Å². The lowest BCUT2D eigenvalue weighted by molar-refractivity contribution is 0.120. The molecule has 0 atom stereocenters. The highest BCUT2D eigenvalue weighted by Crippen LogP contribution is 1.99. The summed E-state index contributed by atoms with van der Waals surface area (Å²) in [6.45, 7) is 5.15. The van der Waals surface area contributed by atoms with Crippen molar-refractivity contribution in [3.05, 3.63) is 18.1 Å². The molecule has 84 valence electrons. The quantitative estimate of drug-likeness (QED) is 0.694. The summed E-state index contributed by atoms with van der Waals surface area (Å²) in [5.74, 6) is 0.454. The molecule has 5 nitrogen and oxygen atoms in total. The summed E-state index contributed by atoms with van der Waals surface area (Å²) >= 11 is 0. The average molecular weight is 210 g/mol. The number of aromatic nitrogens is 2. The zero-order valence-corrected chi connectivity index (χ0v) is 9.31. The predicted molar refractivity (Wildman–Crippen MR) is 59.3 cm³/mol. The summed E-state index contributed by atoms with van der Waals surface area (Å²) in [6.07, 6.45) is 3.28. The second kappa shape index (κ2) is 6.31. The van der Waals surface area contributed by atoms with E-state index in [2.05, 4.69) is 14.9 Å². The Bertz CT molecular complexity index is 275. The lowest BCUT2D eigenvalue weighted by atomic mass is 10.4. The first-order valence-corrected chi connectivity index (χ1v) is 5.05. The number of nitrogens with zero attached hydrogens (tertiary/aromatic N) is 3. The van der Waals surface area contributed by atoms with Crippen LogP contribution in [0, 0.1) is 0 Å². The van der Waals surface area contributed by atoms with E-state index in [4.69, 9.17) is 10.5 Å². The zero-order chi connectivity index (χ0) is 11.1. The van der Waals surface area contributed by atoms with Gasteiger partial charge in [-0.2, -0.15) is 0 Å². The SMILES string of the molecule is CCOCCN(C)Cc1cnc(N)cn1. The highest BCUT2D eigenvalue weighted by atomic mass is 16.5. The molecule has 0 saturated heterocycles. The maximum Gasteiger partial charge on any atom is 0.141 e. The van der Waals surface area contributed by atoms with E-state index in [-0.39, 0.29) is 0 Å². The molecular formula is C10H18N4O. The Morgan fingerprint density at radius 1 is 1.40 bits per heavy atom. The van der Waals surface area contributed by atoms with Crippen LogP contribution in [-0.4, -0.2) is 41.7 Å². The van der Waals surface area contributed by atoms with Gasteiger partial charge in [-0.25, -0.2) is 4.98 Å². The fourth-order valence-corrected chi connectivity index (χ4v) is 1.17. The lowest BCUT2D eigenvalue weighted by Gasteiger charge is -2.15. The van der Waals surface area contributed by atoms with Gasteiger partial charge in [0.15, 0.2) is 0 Å². The average Bonchev–Trinajstić information content (AvgIpc) is 2.22.